The molecule has 6 aromatic rings. The van der Waals surface area contributed by atoms with Crippen molar-refractivity contribution in [3.05, 3.63) is 98.3 Å². The molecule has 0 radical (unpaired) electrons. The average Bonchev–Trinajstić information content (AvgIpc) is 3.59. The minimum absolute atomic E-state index is 0.0847. The van der Waals surface area contributed by atoms with E-state index in [1.54, 1.807) is 17.3 Å². The number of carboxylic acids is 1. The lowest BCUT2D eigenvalue weighted by Gasteiger charge is -2.34. The Bertz CT molecular complexity index is 2340. The molecule has 0 fully saturated rings. The first-order valence-corrected chi connectivity index (χ1v) is 17.2. The summed E-state index contributed by atoms with van der Waals surface area (Å²) in [6, 6.07) is 11.0. The van der Waals surface area contributed by atoms with Crippen LogP contribution in [0.2, 0.25) is 10.0 Å². The molecule has 1 N–H and O–H groups in total. The summed E-state index contributed by atoms with van der Waals surface area (Å²) >= 11 is 13.4. The van der Waals surface area contributed by atoms with Crippen LogP contribution in [0, 0.1) is 27.7 Å². The standard InChI is InChI=1S/C38H36Cl2N6O4/c1-19-12-26(13-20(2)33(19)40)50-11-7-8-27-28-9-10-29(39)32(31-22(4)42-18-43-23(31)5)34(28)46-21(3)17-45(37(47)35(27)46)30-15-24-14-25(38(48)49)16-41-36(24)44(30)6/h9-10,12-16,18,21H,7-8,11,17H2,1-6H3,(H,48,49)/t21-/m1/s1. The predicted octanol–water partition coefficient (Wildman–Crippen LogP) is 8.46. The number of aryl methyl sites for hydroxylation is 6. The smallest absolute Gasteiger partial charge is 0.337 e. The highest BCUT2D eigenvalue weighted by molar-refractivity contribution is 6.35. The summed E-state index contributed by atoms with van der Waals surface area (Å²) in [6.07, 6.45) is 4.10. The van der Waals surface area contributed by atoms with Gasteiger partial charge in [0.1, 0.15) is 29.2 Å². The fourth-order valence-electron chi connectivity index (χ4n) is 7.33. The molecular weight excluding hydrogens is 675 g/mol. The Morgan fingerprint density at radius 1 is 1.00 bits per heavy atom. The molecule has 7 rings (SSSR count). The van der Waals surface area contributed by atoms with Crippen LogP contribution in [-0.4, -0.2) is 54.2 Å². The number of pyridine rings is 1. The van der Waals surface area contributed by atoms with Crippen LogP contribution >= 0.6 is 23.2 Å². The van der Waals surface area contributed by atoms with E-state index in [1.807, 2.05) is 69.6 Å². The number of aromatic carboxylic acids is 1. The first kappa shape index (κ1) is 33.6. The van der Waals surface area contributed by atoms with Crippen LogP contribution < -0.4 is 9.64 Å². The van der Waals surface area contributed by atoms with Gasteiger partial charge in [0.05, 0.1) is 22.7 Å². The van der Waals surface area contributed by atoms with Gasteiger partial charge in [0, 0.05) is 64.1 Å². The fourth-order valence-corrected chi connectivity index (χ4v) is 7.68. The second-order valence-electron chi connectivity index (χ2n) is 13.0. The molecule has 0 bridgehead atoms. The predicted molar refractivity (Wildman–Crippen MR) is 196 cm³/mol. The third-order valence-electron chi connectivity index (χ3n) is 9.65. The molecule has 1 amide bonds. The maximum atomic E-state index is 14.9. The molecule has 1 atom stereocenters. The number of halogens is 2. The molecule has 256 valence electrons. The Kier molecular flexibility index (Phi) is 8.56. The maximum Gasteiger partial charge on any atom is 0.337 e. The van der Waals surface area contributed by atoms with Crippen LogP contribution in [0.1, 0.15) is 68.3 Å². The number of carbonyl (C=O) groups excluding carboxylic acids is 1. The third kappa shape index (κ3) is 5.47. The highest BCUT2D eigenvalue weighted by Gasteiger charge is 2.37. The summed E-state index contributed by atoms with van der Waals surface area (Å²) in [7, 11) is 1.84. The molecule has 4 aromatic heterocycles. The minimum atomic E-state index is -1.06. The van der Waals surface area contributed by atoms with Gasteiger partial charge in [0.2, 0.25) is 0 Å². The number of carboxylic acid groups (broad SMARTS) is 1. The number of hydrogen-bond acceptors (Lipinski definition) is 6. The number of hydrogen-bond donors (Lipinski definition) is 1. The number of amides is 1. The van der Waals surface area contributed by atoms with Crippen molar-refractivity contribution in [1.29, 1.82) is 0 Å². The lowest BCUT2D eigenvalue weighted by molar-refractivity contribution is 0.0696. The molecule has 1 aliphatic heterocycles. The van der Waals surface area contributed by atoms with E-state index in [0.29, 0.717) is 53.6 Å². The van der Waals surface area contributed by atoms with Gasteiger partial charge in [0.15, 0.2) is 0 Å². The van der Waals surface area contributed by atoms with Gasteiger partial charge in [-0.2, -0.15) is 0 Å². The van der Waals surface area contributed by atoms with Gasteiger partial charge in [0.25, 0.3) is 5.91 Å². The number of anilines is 1. The van der Waals surface area contributed by atoms with Crippen LogP contribution in [0.3, 0.4) is 0 Å². The first-order valence-electron chi connectivity index (χ1n) is 16.4. The van der Waals surface area contributed by atoms with Gasteiger partial charge in [-0.05, 0) is 94.5 Å². The molecule has 0 unspecified atom stereocenters. The maximum absolute atomic E-state index is 14.9. The summed E-state index contributed by atoms with van der Waals surface area (Å²) in [4.78, 5) is 41.7. The van der Waals surface area contributed by atoms with Crippen molar-refractivity contribution in [3.8, 4) is 16.9 Å². The van der Waals surface area contributed by atoms with E-state index in [2.05, 4.69) is 26.4 Å². The van der Waals surface area contributed by atoms with Crippen molar-refractivity contribution in [3.63, 3.8) is 0 Å². The molecule has 10 nitrogen and oxygen atoms in total. The third-order valence-corrected chi connectivity index (χ3v) is 10.6. The first-order chi connectivity index (χ1) is 23.9. The Morgan fingerprint density at radius 2 is 1.70 bits per heavy atom. The van der Waals surface area contributed by atoms with Crippen LogP contribution in [0.25, 0.3) is 33.1 Å². The molecule has 0 saturated carbocycles. The second kappa shape index (κ2) is 12.8. The van der Waals surface area contributed by atoms with Crippen LogP contribution in [0.5, 0.6) is 5.75 Å². The summed E-state index contributed by atoms with van der Waals surface area (Å²) in [5.41, 5.74) is 8.19. The molecule has 0 spiro atoms. The number of aromatic nitrogens is 5. The Labute approximate surface area is 299 Å². The average molecular weight is 712 g/mol. The summed E-state index contributed by atoms with van der Waals surface area (Å²) in [6.45, 7) is 10.7. The van der Waals surface area contributed by atoms with Crippen molar-refractivity contribution in [2.24, 2.45) is 7.05 Å². The molecule has 5 heterocycles. The molecular formula is C38H36Cl2N6O4. The summed E-state index contributed by atoms with van der Waals surface area (Å²) in [5.74, 6) is 0.162. The summed E-state index contributed by atoms with van der Waals surface area (Å²) < 4.78 is 10.2. The minimum Gasteiger partial charge on any atom is -0.494 e. The van der Waals surface area contributed by atoms with Gasteiger partial charge >= 0.3 is 5.97 Å². The second-order valence-corrected chi connectivity index (χ2v) is 13.8. The number of nitrogens with zero attached hydrogens (tertiary/aromatic N) is 6. The Balaban J connectivity index is 1.36. The van der Waals surface area contributed by atoms with Crippen molar-refractivity contribution in [1.82, 2.24) is 24.1 Å². The van der Waals surface area contributed by atoms with Gasteiger partial charge in [-0.1, -0.05) is 29.3 Å². The van der Waals surface area contributed by atoms with E-state index in [1.165, 1.54) is 6.20 Å². The van der Waals surface area contributed by atoms with Crippen LogP contribution in [0.15, 0.2) is 48.9 Å². The normalized spacial score (nSPS) is 14.5. The largest absolute Gasteiger partial charge is 0.494 e. The van der Waals surface area contributed by atoms with Crippen molar-refractivity contribution >= 4 is 62.8 Å². The van der Waals surface area contributed by atoms with E-state index in [-0.39, 0.29) is 17.5 Å². The number of carbonyl (C=O) groups is 2. The lowest BCUT2D eigenvalue weighted by Crippen LogP contribution is -2.43. The lowest BCUT2D eigenvalue weighted by atomic mass is 9.97. The van der Waals surface area contributed by atoms with E-state index in [4.69, 9.17) is 27.9 Å². The Hall–Kier alpha value is -4.93. The molecule has 2 aromatic carbocycles. The zero-order valence-electron chi connectivity index (χ0n) is 28.6. The van der Waals surface area contributed by atoms with E-state index >= 15 is 0 Å². The molecule has 1 aliphatic rings. The summed E-state index contributed by atoms with van der Waals surface area (Å²) in [5, 5.41) is 12.4. The zero-order chi connectivity index (χ0) is 35.6. The topological polar surface area (TPSA) is 115 Å². The SMILES string of the molecule is Cc1cc(OCCCc2c3n(c4c(-c5c(C)ncnc5C)c(Cl)ccc24)[C@H](C)CN(c2cc4cc(C(=O)O)cnc4n2C)C3=O)cc(C)c1Cl. The number of rotatable bonds is 8. The molecule has 0 saturated heterocycles. The monoisotopic (exact) mass is 710 g/mol. The number of ether oxygens (including phenoxy) is 1. The number of benzene rings is 2. The van der Waals surface area contributed by atoms with Gasteiger partial charge < -0.3 is 19.0 Å². The van der Waals surface area contributed by atoms with E-state index in [0.717, 1.165) is 60.9 Å². The Morgan fingerprint density at radius 3 is 2.38 bits per heavy atom. The van der Waals surface area contributed by atoms with Gasteiger partial charge in [-0.25, -0.2) is 19.7 Å². The van der Waals surface area contributed by atoms with Crippen LogP contribution in [0.4, 0.5) is 5.82 Å². The molecule has 50 heavy (non-hydrogen) atoms. The van der Waals surface area contributed by atoms with Crippen molar-refractivity contribution in [2.45, 2.75) is 53.5 Å². The number of fused-ring (bicyclic) bond motifs is 4. The highest BCUT2D eigenvalue weighted by atomic mass is 35.5. The molecule has 0 aliphatic carbocycles. The van der Waals surface area contributed by atoms with Gasteiger partial charge in [-0.15, -0.1) is 0 Å². The van der Waals surface area contributed by atoms with E-state index in [9.17, 15) is 14.7 Å². The molecule has 12 heteroatoms. The van der Waals surface area contributed by atoms with Crippen LogP contribution in [-0.2, 0) is 13.5 Å². The highest BCUT2D eigenvalue weighted by Crippen LogP contribution is 2.45. The quantitative estimate of drug-likeness (QED) is 0.158. The van der Waals surface area contributed by atoms with Crippen molar-refractivity contribution < 1.29 is 19.4 Å². The van der Waals surface area contributed by atoms with Gasteiger partial charge in [-0.3, -0.25) is 9.69 Å². The zero-order valence-corrected chi connectivity index (χ0v) is 30.1. The fraction of sp³-hybridized carbons (Fsp3) is 0.289. The van der Waals surface area contributed by atoms with E-state index < -0.39 is 5.97 Å². The van der Waals surface area contributed by atoms with Crippen molar-refractivity contribution in [2.75, 3.05) is 18.1 Å².